The highest BCUT2D eigenvalue weighted by Gasteiger charge is 2.18. The first-order chi connectivity index (χ1) is 8.35. The summed E-state index contributed by atoms with van der Waals surface area (Å²) < 4.78 is 1.84. The van der Waals surface area contributed by atoms with Crippen LogP contribution in [0.1, 0.15) is 46.0 Å². The van der Waals surface area contributed by atoms with Gasteiger partial charge >= 0.3 is 0 Å². The van der Waals surface area contributed by atoms with E-state index >= 15 is 0 Å². The van der Waals surface area contributed by atoms with Gasteiger partial charge in [-0.3, -0.25) is 10.1 Å². The molecule has 0 bridgehead atoms. The second-order valence-corrected chi connectivity index (χ2v) is 5.19. The van der Waals surface area contributed by atoms with Gasteiger partial charge in [0.15, 0.2) is 0 Å². The number of amides is 1. The van der Waals surface area contributed by atoms with E-state index in [1.807, 2.05) is 32.4 Å². The summed E-state index contributed by atoms with van der Waals surface area (Å²) in [5.74, 6) is 0.813. The van der Waals surface area contributed by atoms with Crippen LogP contribution < -0.4 is 10.6 Å². The molecule has 1 heterocycles. The Morgan fingerprint density at radius 1 is 1.56 bits per heavy atom. The molecule has 6 heteroatoms. The van der Waals surface area contributed by atoms with Gasteiger partial charge < -0.3 is 9.88 Å². The standard InChI is InChI=1S/C12H23N5O/c1-6-12(3,4)15-10(18)7-13-9(2)11-16-14-8-17(11)5/h8-9,13H,6-7H2,1-5H3,(H,15,18). The zero-order valence-corrected chi connectivity index (χ0v) is 11.8. The van der Waals surface area contributed by atoms with Crippen LogP contribution in [0.4, 0.5) is 0 Å². The Kier molecular flexibility index (Phi) is 4.84. The summed E-state index contributed by atoms with van der Waals surface area (Å²) >= 11 is 0. The predicted molar refractivity (Wildman–Crippen MR) is 69.9 cm³/mol. The summed E-state index contributed by atoms with van der Waals surface area (Å²) in [4.78, 5) is 11.8. The first-order valence-corrected chi connectivity index (χ1v) is 6.24. The maximum absolute atomic E-state index is 11.8. The van der Waals surface area contributed by atoms with E-state index < -0.39 is 0 Å². The van der Waals surface area contributed by atoms with Crippen molar-refractivity contribution in [2.24, 2.45) is 7.05 Å². The molecular weight excluding hydrogens is 230 g/mol. The van der Waals surface area contributed by atoms with Crippen molar-refractivity contribution in [1.82, 2.24) is 25.4 Å². The van der Waals surface area contributed by atoms with Crippen LogP contribution in [0.5, 0.6) is 0 Å². The molecule has 6 nitrogen and oxygen atoms in total. The molecule has 1 unspecified atom stereocenters. The molecule has 18 heavy (non-hydrogen) atoms. The lowest BCUT2D eigenvalue weighted by Gasteiger charge is -2.25. The lowest BCUT2D eigenvalue weighted by molar-refractivity contribution is -0.122. The summed E-state index contributed by atoms with van der Waals surface area (Å²) in [5, 5.41) is 13.9. The maximum atomic E-state index is 11.8. The first kappa shape index (κ1) is 14.6. The molecule has 1 amide bonds. The average Bonchev–Trinajstić information content (AvgIpc) is 2.72. The predicted octanol–water partition coefficient (Wildman–Crippen LogP) is 0.770. The molecule has 0 radical (unpaired) electrons. The number of aryl methyl sites for hydroxylation is 1. The molecule has 0 aliphatic carbocycles. The van der Waals surface area contributed by atoms with E-state index in [0.29, 0.717) is 0 Å². The zero-order valence-electron chi connectivity index (χ0n) is 11.8. The van der Waals surface area contributed by atoms with E-state index in [9.17, 15) is 4.79 Å². The number of hydrogen-bond donors (Lipinski definition) is 2. The summed E-state index contributed by atoms with van der Waals surface area (Å²) in [6.07, 6.45) is 2.55. The van der Waals surface area contributed by atoms with Gasteiger partial charge in [0.05, 0.1) is 12.6 Å². The Labute approximate surface area is 108 Å². The van der Waals surface area contributed by atoms with Crippen LogP contribution in [-0.2, 0) is 11.8 Å². The second kappa shape index (κ2) is 5.95. The van der Waals surface area contributed by atoms with Crippen LogP contribution in [0.25, 0.3) is 0 Å². The summed E-state index contributed by atoms with van der Waals surface area (Å²) in [6, 6.07) is -0.00649. The Bertz CT molecular complexity index is 399. The van der Waals surface area contributed by atoms with Crippen LogP contribution in [-0.4, -0.2) is 32.8 Å². The summed E-state index contributed by atoms with van der Waals surface area (Å²) in [7, 11) is 1.88. The highest BCUT2D eigenvalue weighted by atomic mass is 16.2. The highest BCUT2D eigenvalue weighted by Crippen LogP contribution is 2.08. The van der Waals surface area contributed by atoms with Crippen molar-refractivity contribution in [1.29, 1.82) is 0 Å². The Morgan fingerprint density at radius 3 is 2.72 bits per heavy atom. The fraction of sp³-hybridized carbons (Fsp3) is 0.750. The minimum absolute atomic E-state index is 0.00383. The lowest BCUT2D eigenvalue weighted by Crippen LogP contribution is -2.46. The normalized spacial score (nSPS) is 13.4. The zero-order chi connectivity index (χ0) is 13.8. The molecule has 2 N–H and O–H groups in total. The largest absolute Gasteiger partial charge is 0.350 e. The molecule has 0 saturated heterocycles. The smallest absolute Gasteiger partial charge is 0.234 e. The number of rotatable bonds is 6. The van der Waals surface area contributed by atoms with E-state index in [2.05, 4.69) is 27.8 Å². The molecule has 0 aliphatic heterocycles. The van der Waals surface area contributed by atoms with Crippen molar-refractivity contribution in [3.05, 3.63) is 12.2 Å². The van der Waals surface area contributed by atoms with E-state index in [-0.39, 0.29) is 24.0 Å². The topological polar surface area (TPSA) is 71.8 Å². The van der Waals surface area contributed by atoms with Gasteiger partial charge in [0.25, 0.3) is 0 Å². The maximum Gasteiger partial charge on any atom is 0.234 e. The summed E-state index contributed by atoms with van der Waals surface area (Å²) in [5.41, 5.74) is -0.160. The number of hydrogen-bond acceptors (Lipinski definition) is 4. The lowest BCUT2D eigenvalue weighted by atomic mass is 10.0. The summed E-state index contributed by atoms with van der Waals surface area (Å²) in [6.45, 7) is 8.31. The van der Waals surface area contributed by atoms with Crippen LogP contribution in [0, 0.1) is 0 Å². The van der Waals surface area contributed by atoms with Gasteiger partial charge in [-0.25, -0.2) is 0 Å². The van der Waals surface area contributed by atoms with E-state index in [1.165, 1.54) is 0 Å². The third-order valence-corrected chi connectivity index (χ3v) is 3.06. The highest BCUT2D eigenvalue weighted by molar-refractivity contribution is 5.78. The number of nitrogens with one attached hydrogen (secondary N) is 2. The number of nitrogens with zero attached hydrogens (tertiary/aromatic N) is 3. The van der Waals surface area contributed by atoms with Gasteiger partial charge in [0.1, 0.15) is 12.2 Å². The van der Waals surface area contributed by atoms with Gasteiger partial charge in [-0.2, -0.15) is 0 Å². The Morgan fingerprint density at radius 2 is 2.22 bits per heavy atom. The van der Waals surface area contributed by atoms with Gasteiger partial charge in [0.2, 0.25) is 5.91 Å². The van der Waals surface area contributed by atoms with Crippen molar-refractivity contribution in [2.45, 2.75) is 45.7 Å². The Hall–Kier alpha value is -1.43. The fourth-order valence-corrected chi connectivity index (χ4v) is 1.53. The minimum Gasteiger partial charge on any atom is -0.350 e. The quantitative estimate of drug-likeness (QED) is 0.785. The molecular formula is C12H23N5O. The molecule has 1 aromatic rings. The van der Waals surface area contributed by atoms with Crippen LogP contribution >= 0.6 is 0 Å². The second-order valence-electron chi connectivity index (χ2n) is 5.19. The molecule has 0 spiro atoms. The van der Waals surface area contributed by atoms with E-state index in [0.717, 1.165) is 12.2 Å². The van der Waals surface area contributed by atoms with Gasteiger partial charge in [-0.1, -0.05) is 6.92 Å². The van der Waals surface area contributed by atoms with Crippen LogP contribution in [0.2, 0.25) is 0 Å². The van der Waals surface area contributed by atoms with E-state index in [4.69, 9.17) is 0 Å². The van der Waals surface area contributed by atoms with Gasteiger partial charge in [-0.15, -0.1) is 10.2 Å². The molecule has 0 fully saturated rings. The molecule has 0 aliphatic rings. The van der Waals surface area contributed by atoms with Crippen LogP contribution in [0.15, 0.2) is 6.33 Å². The molecule has 102 valence electrons. The van der Waals surface area contributed by atoms with E-state index in [1.54, 1.807) is 6.33 Å². The fourth-order valence-electron chi connectivity index (χ4n) is 1.53. The van der Waals surface area contributed by atoms with Crippen molar-refractivity contribution in [2.75, 3.05) is 6.54 Å². The average molecular weight is 253 g/mol. The molecule has 0 saturated carbocycles. The monoisotopic (exact) mass is 253 g/mol. The SMILES string of the molecule is CCC(C)(C)NC(=O)CNC(C)c1nncn1C. The van der Waals surface area contributed by atoms with Crippen molar-refractivity contribution < 1.29 is 4.79 Å². The minimum atomic E-state index is -0.160. The van der Waals surface area contributed by atoms with Crippen molar-refractivity contribution >= 4 is 5.91 Å². The molecule has 0 aromatic carbocycles. The molecule has 1 atom stereocenters. The number of aromatic nitrogens is 3. The Balaban J connectivity index is 2.42. The number of carbonyl (C=O) groups is 1. The van der Waals surface area contributed by atoms with Crippen LogP contribution in [0.3, 0.4) is 0 Å². The van der Waals surface area contributed by atoms with Gasteiger partial charge in [0, 0.05) is 12.6 Å². The van der Waals surface area contributed by atoms with Crippen molar-refractivity contribution in [3.63, 3.8) is 0 Å². The molecule has 1 rings (SSSR count). The number of carbonyl (C=O) groups excluding carboxylic acids is 1. The third-order valence-electron chi connectivity index (χ3n) is 3.06. The van der Waals surface area contributed by atoms with Crippen molar-refractivity contribution in [3.8, 4) is 0 Å². The third kappa shape index (κ3) is 4.10. The van der Waals surface area contributed by atoms with Gasteiger partial charge in [-0.05, 0) is 27.2 Å². The first-order valence-electron chi connectivity index (χ1n) is 6.24. The molecule has 1 aromatic heterocycles.